The first-order chi connectivity index (χ1) is 11.3. The van der Waals surface area contributed by atoms with E-state index in [1.54, 1.807) is 0 Å². The van der Waals surface area contributed by atoms with Gasteiger partial charge in [0.2, 0.25) is 0 Å². The summed E-state index contributed by atoms with van der Waals surface area (Å²) in [4.78, 5) is 0. The van der Waals surface area contributed by atoms with Crippen molar-refractivity contribution in [2.24, 2.45) is 5.92 Å². The molecule has 2 aromatic rings. The van der Waals surface area contributed by atoms with Crippen LogP contribution in [0.15, 0.2) is 48.5 Å². The highest BCUT2D eigenvalue weighted by molar-refractivity contribution is 5.35. The lowest BCUT2D eigenvalue weighted by Gasteiger charge is -2.25. The molecule has 122 valence electrons. The van der Waals surface area contributed by atoms with E-state index < -0.39 is 0 Å². The Balaban J connectivity index is 1.56. The van der Waals surface area contributed by atoms with Crippen molar-refractivity contribution in [1.29, 1.82) is 0 Å². The zero-order chi connectivity index (χ0) is 15.9. The molecule has 2 aromatic carbocycles. The molecule has 0 saturated heterocycles. The molecular weight excluding hydrogens is 286 g/mol. The second-order valence-corrected chi connectivity index (χ2v) is 6.27. The van der Waals surface area contributed by atoms with E-state index in [4.69, 9.17) is 9.84 Å². The summed E-state index contributed by atoms with van der Waals surface area (Å²) in [5.41, 5.74) is 4.00. The van der Waals surface area contributed by atoms with E-state index in [0.29, 0.717) is 5.92 Å². The summed E-state index contributed by atoms with van der Waals surface area (Å²) >= 11 is 0. The third kappa shape index (κ3) is 4.57. The van der Waals surface area contributed by atoms with Gasteiger partial charge < -0.3 is 15.2 Å². The van der Waals surface area contributed by atoms with E-state index in [1.807, 2.05) is 6.07 Å². The largest absolute Gasteiger partial charge is 0.493 e. The van der Waals surface area contributed by atoms with Crippen LogP contribution in [0.25, 0.3) is 0 Å². The number of para-hydroxylation sites is 1. The zero-order valence-corrected chi connectivity index (χ0v) is 13.5. The SMILES string of the molecule is OCCCNCc1cccc(C[C@H]2COc3ccccc3C2)c1. The summed E-state index contributed by atoms with van der Waals surface area (Å²) in [6.07, 6.45) is 2.95. The predicted molar refractivity (Wildman–Crippen MR) is 92.7 cm³/mol. The van der Waals surface area contributed by atoms with Gasteiger partial charge in [0.15, 0.2) is 0 Å². The molecule has 0 saturated carbocycles. The van der Waals surface area contributed by atoms with Crippen LogP contribution in [0.4, 0.5) is 0 Å². The highest BCUT2D eigenvalue weighted by atomic mass is 16.5. The van der Waals surface area contributed by atoms with E-state index in [9.17, 15) is 0 Å². The number of aliphatic hydroxyl groups is 1. The molecule has 0 aromatic heterocycles. The first kappa shape index (κ1) is 16.0. The number of aliphatic hydroxyl groups excluding tert-OH is 1. The summed E-state index contributed by atoms with van der Waals surface area (Å²) in [6, 6.07) is 17.1. The summed E-state index contributed by atoms with van der Waals surface area (Å²) in [6.45, 7) is 2.76. The van der Waals surface area contributed by atoms with Gasteiger partial charge in [0.05, 0.1) is 6.61 Å². The average Bonchev–Trinajstić information content (AvgIpc) is 2.59. The van der Waals surface area contributed by atoms with Crippen molar-refractivity contribution in [2.45, 2.75) is 25.8 Å². The fourth-order valence-corrected chi connectivity index (χ4v) is 3.16. The fraction of sp³-hybridized carbons (Fsp3) is 0.400. The molecule has 0 aliphatic carbocycles. The van der Waals surface area contributed by atoms with Crippen LogP contribution < -0.4 is 10.1 Å². The Morgan fingerprint density at radius 3 is 2.87 bits per heavy atom. The quantitative estimate of drug-likeness (QED) is 0.773. The third-order valence-corrected chi connectivity index (χ3v) is 4.31. The predicted octanol–water partition coefficient (Wildman–Crippen LogP) is 2.95. The Labute approximate surface area is 138 Å². The van der Waals surface area contributed by atoms with E-state index in [2.05, 4.69) is 47.8 Å². The number of hydrogen-bond donors (Lipinski definition) is 2. The van der Waals surface area contributed by atoms with Crippen molar-refractivity contribution in [2.75, 3.05) is 19.8 Å². The number of rotatable bonds is 7. The van der Waals surface area contributed by atoms with E-state index in [1.165, 1.54) is 16.7 Å². The molecule has 0 fully saturated rings. The molecule has 3 rings (SSSR count). The minimum Gasteiger partial charge on any atom is -0.493 e. The number of nitrogens with one attached hydrogen (secondary N) is 1. The maximum Gasteiger partial charge on any atom is 0.122 e. The molecule has 1 atom stereocenters. The highest BCUT2D eigenvalue weighted by Crippen LogP contribution is 2.28. The molecule has 0 unspecified atom stereocenters. The van der Waals surface area contributed by atoms with E-state index in [0.717, 1.165) is 44.7 Å². The molecule has 2 N–H and O–H groups in total. The molecule has 23 heavy (non-hydrogen) atoms. The Kier molecular flexibility index (Phi) is 5.67. The van der Waals surface area contributed by atoms with Crippen molar-refractivity contribution in [3.8, 4) is 5.75 Å². The lowest BCUT2D eigenvalue weighted by Crippen LogP contribution is -2.22. The van der Waals surface area contributed by atoms with Crippen molar-refractivity contribution in [3.05, 3.63) is 65.2 Å². The first-order valence-corrected chi connectivity index (χ1v) is 8.45. The molecule has 1 heterocycles. The third-order valence-electron chi connectivity index (χ3n) is 4.31. The Hall–Kier alpha value is -1.84. The Bertz CT molecular complexity index is 627. The van der Waals surface area contributed by atoms with Gasteiger partial charge in [-0.25, -0.2) is 0 Å². The maximum atomic E-state index is 8.81. The number of fused-ring (bicyclic) bond motifs is 1. The van der Waals surface area contributed by atoms with Crippen molar-refractivity contribution >= 4 is 0 Å². The molecule has 1 aliphatic rings. The molecule has 0 radical (unpaired) electrons. The second-order valence-electron chi connectivity index (χ2n) is 6.27. The van der Waals surface area contributed by atoms with Crippen LogP contribution in [0.5, 0.6) is 5.75 Å². The van der Waals surface area contributed by atoms with Gasteiger partial charge in [0, 0.05) is 19.1 Å². The molecule has 3 heteroatoms. The number of hydrogen-bond acceptors (Lipinski definition) is 3. The molecule has 0 bridgehead atoms. The highest BCUT2D eigenvalue weighted by Gasteiger charge is 2.19. The van der Waals surface area contributed by atoms with Crippen molar-refractivity contribution in [3.63, 3.8) is 0 Å². The van der Waals surface area contributed by atoms with Gasteiger partial charge in [0.25, 0.3) is 0 Å². The monoisotopic (exact) mass is 311 g/mol. The fourth-order valence-electron chi connectivity index (χ4n) is 3.16. The standard InChI is InChI=1S/C20H25NO2/c22-10-4-9-21-14-17-6-3-5-16(11-17)12-18-13-19-7-1-2-8-20(19)23-15-18/h1-3,5-8,11,18,21-22H,4,9-10,12-15H2/t18-/m1/s1. The summed E-state index contributed by atoms with van der Waals surface area (Å²) in [5, 5.41) is 12.2. The molecule has 3 nitrogen and oxygen atoms in total. The molecule has 1 aliphatic heterocycles. The van der Waals surface area contributed by atoms with Gasteiger partial charge in [-0.2, -0.15) is 0 Å². The normalized spacial score (nSPS) is 16.7. The minimum absolute atomic E-state index is 0.246. The zero-order valence-electron chi connectivity index (χ0n) is 13.5. The smallest absolute Gasteiger partial charge is 0.122 e. The lowest BCUT2D eigenvalue weighted by atomic mass is 9.90. The average molecular weight is 311 g/mol. The lowest BCUT2D eigenvalue weighted by molar-refractivity contribution is 0.221. The minimum atomic E-state index is 0.246. The van der Waals surface area contributed by atoms with Crippen LogP contribution in [0.1, 0.15) is 23.1 Å². The summed E-state index contributed by atoms with van der Waals surface area (Å²) in [5.74, 6) is 1.59. The van der Waals surface area contributed by atoms with E-state index in [-0.39, 0.29) is 6.61 Å². The Morgan fingerprint density at radius 2 is 1.96 bits per heavy atom. The van der Waals surface area contributed by atoms with Crippen LogP contribution in [0, 0.1) is 5.92 Å². The van der Waals surface area contributed by atoms with Crippen LogP contribution in [0.3, 0.4) is 0 Å². The van der Waals surface area contributed by atoms with Gasteiger partial charge in [-0.15, -0.1) is 0 Å². The topological polar surface area (TPSA) is 41.5 Å². The van der Waals surface area contributed by atoms with Gasteiger partial charge in [-0.05, 0) is 48.6 Å². The van der Waals surface area contributed by atoms with Gasteiger partial charge in [-0.1, -0.05) is 42.5 Å². The van der Waals surface area contributed by atoms with Gasteiger partial charge >= 0.3 is 0 Å². The van der Waals surface area contributed by atoms with Gasteiger partial charge in [0.1, 0.15) is 5.75 Å². The molecule has 0 spiro atoms. The molecule has 0 amide bonds. The summed E-state index contributed by atoms with van der Waals surface area (Å²) in [7, 11) is 0. The van der Waals surface area contributed by atoms with Gasteiger partial charge in [-0.3, -0.25) is 0 Å². The van der Waals surface area contributed by atoms with Crippen LogP contribution in [0.2, 0.25) is 0 Å². The number of benzene rings is 2. The van der Waals surface area contributed by atoms with Crippen LogP contribution >= 0.6 is 0 Å². The van der Waals surface area contributed by atoms with Crippen molar-refractivity contribution < 1.29 is 9.84 Å². The second kappa shape index (κ2) is 8.14. The first-order valence-electron chi connectivity index (χ1n) is 8.45. The van der Waals surface area contributed by atoms with Crippen LogP contribution in [-0.2, 0) is 19.4 Å². The maximum absolute atomic E-state index is 8.81. The van der Waals surface area contributed by atoms with Crippen molar-refractivity contribution in [1.82, 2.24) is 5.32 Å². The molecular formula is C20H25NO2. The summed E-state index contributed by atoms with van der Waals surface area (Å²) < 4.78 is 5.89. The number of ether oxygens (including phenoxy) is 1. The Morgan fingerprint density at radius 1 is 1.09 bits per heavy atom. The van der Waals surface area contributed by atoms with E-state index >= 15 is 0 Å². The van der Waals surface area contributed by atoms with Crippen LogP contribution in [-0.4, -0.2) is 24.9 Å².